The number of unbranched alkanes of at least 4 members (excludes halogenated alkanes) is 16. The zero-order valence-corrected chi connectivity index (χ0v) is 18.2. The van der Waals surface area contributed by atoms with Gasteiger partial charge in [0.25, 0.3) is 0 Å². The van der Waals surface area contributed by atoms with Gasteiger partial charge in [-0.15, -0.1) is 0 Å². The maximum Gasteiger partial charge on any atom is -0.0351 e. The number of hydrogen-bond acceptors (Lipinski definition) is 0. The number of hydrogen-bond donors (Lipinski definition) is 0. The molecule has 0 heterocycles. The predicted octanol–water partition coefficient (Wildman–Crippen LogP) is 9.63. The average molecular weight is 351 g/mol. The Morgan fingerprint density at radius 1 is 0.480 bits per heavy atom. The van der Waals surface area contributed by atoms with Crippen LogP contribution in [0.5, 0.6) is 0 Å². The van der Waals surface area contributed by atoms with Gasteiger partial charge in [0.1, 0.15) is 0 Å². The standard InChI is InChI=1S/C25H50/c1-4-5-6-7-8-9-10-11-12-13-14-15-16-17-18-19-20-21-22-23-24-25(2)3/h11-12,25H,4-10,13-24H2,1-3H3/b12-11+. The fourth-order valence-electron chi connectivity index (χ4n) is 3.51. The summed E-state index contributed by atoms with van der Waals surface area (Å²) in [4.78, 5) is 0. The summed E-state index contributed by atoms with van der Waals surface area (Å²) in [6, 6.07) is 0. The Kier molecular flexibility index (Phi) is 21.6. The Balaban J connectivity index is 3.05. The van der Waals surface area contributed by atoms with Gasteiger partial charge in [-0.25, -0.2) is 0 Å². The van der Waals surface area contributed by atoms with Crippen molar-refractivity contribution in [2.45, 2.75) is 143 Å². The third-order valence-corrected chi connectivity index (χ3v) is 5.29. The van der Waals surface area contributed by atoms with E-state index in [9.17, 15) is 0 Å². The molecule has 0 heteroatoms. The van der Waals surface area contributed by atoms with Crippen molar-refractivity contribution in [1.82, 2.24) is 0 Å². The van der Waals surface area contributed by atoms with Crippen LogP contribution in [-0.4, -0.2) is 0 Å². The van der Waals surface area contributed by atoms with Crippen LogP contribution in [0.1, 0.15) is 143 Å². The summed E-state index contributed by atoms with van der Waals surface area (Å²) in [5, 5.41) is 0. The van der Waals surface area contributed by atoms with Crippen LogP contribution < -0.4 is 0 Å². The molecule has 0 spiro atoms. The molecule has 0 unspecified atom stereocenters. The van der Waals surface area contributed by atoms with Crippen LogP contribution >= 0.6 is 0 Å². The molecule has 25 heavy (non-hydrogen) atoms. The van der Waals surface area contributed by atoms with Crippen LogP contribution in [0, 0.1) is 5.92 Å². The van der Waals surface area contributed by atoms with E-state index in [1.165, 1.54) is 122 Å². The largest absolute Gasteiger partial charge is 0.0885 e. The molecule has 0 amide bonds. The minimum absolute atomic E-state index is 0.894. The van der Waals surface area contributed by atoms with Crippen molar-refractivity contribution >= 4 is 0 Å². The first kappa shape index (κ1) is 24.7. The van der Waals surface area contributed by atoms with Crippen molar-refractivity contribution in [2.24, 2.45) is 5.92 Å². The van der Waals surface area contributed by atoms with Gasteiger partial charge in [-0.3, -0.25) is 0 Å². The fraction of sp³-hybridized carbons (Fsp3) is 0.920. The van der Waals surface area contributed by atoms with E-state index < -0.39 is 0 Å². The highest BCUT2D eigenvalue weighted by Gasteiger charge is 1.95. The van der Waals surface area contributed by atoms with Crippen LogP contribution in [0.15, 0.2) is 12.2 Å². The summed E-state index contributed by atoms with van der Waals surface area (Å²) in [5.41, 5.74) is 0. The SMILES string of the molecule is CCCCCCCC/C=C/CCCCCCCCCCCCC(C)C. The average Bonchev–Trinajstić information content (AvgIpc) is 2.60. The van der Waals surface area contributed by atoms with Crippen LogP contribution in [0.4, 0.5) is 0 Å². The van der Waals surface area contributed by atoms with Gasteiger partial charge in [0.05, 0.1) is 0 Å². The van der Waals surface area contributed by atoms with Crippen LogP contribution in [-0.2, 0) is 0 Å². The summed E-state index contributed by atoms with van der Waals surface area (Å²) < 4.78 is 0. The second-order valence-electron chi connectivity index (χ2n) is 8.53. The van der Waals surface area contributed by atoms with Crippen molar-refractivity contribution in [1.29, 1.82) is 0 Å². The fourth-order valence-corrected chi connectivity index (χ4v) is 3.51. The third-order valence-electron chi connectivity index (χ3n) is 5.29. The molecular formula is C25H50. The second-order valence-corrected chi connectivity index (χ2v) is 8.53. The number of rotatable bonds is 20. The molecule has 0 rings (SSSR count). The van der Waals surface area contributed by atoms with Gasteiger partial charge in [0, 0.05) is 0 Å². The van der Waals surface area contributed by atoms with E-state index in [1.807, 2.05) is 0 Å². The van der Waals surface area contributed by atoms with Gasteiger partial charge in [0.2, 0.25) is 0 Å². The van der Waals surface area contributed by atoms with Gasteiger partial charge >= 0.3 is 0 Å². The van der Waals surface area contributed by atoms with Crippen LogP contribution in [0.3, 0.4) is 0 Å². The van der Waals surface area contributed by atoms with Crippen molar-refractivity contribution < 1.29 is 0 Å². The molecule has 0 aliphatic heterocycles. The molecule has 0 aliphatic carbocycles. The molecule has 0 atom stereocenters. The Hall–Kier alpha value is -0.260. The van der Waals surface area contributed by atoms with Crippen LogP contribution in [0.25, 0.3) is 0 Å². The highest BCUT2D eigenvalue weighted by atomic mass is 14.0. The zero-order chi connectivity index (χ0) is 18.4. The molecule has 0 saturated carbocycles. The summed E-state index contributed by atoms with van der Waals surface area (Å²) in [5.74, 6) is 0.894. The molecule has 0 fully saturated rings. The summed E-state index contributed by atoms with van der Waals surface area (Å²) in [7, 11) is 0. The molecule has 0 N–H and O–H groups in total. The van der Waals surface area contributed by atoms with Crippen LogP contribution in [0.2, 0.25) is 0 Å². The summed E-state index contributed by atoms with van der Waals surface area (Å²) in [6.07, 6.45) is 32.0. The molecule has 0 bridgehead atoms. The van der Waals surface area contributed by atoms with E-state index in [0.717, 1.165) is 5.92 Å². The molecule has 0 nitrogen and oxygen atoms in total. The van der Waals surface area contributed by atoms with E-state index in [4.69, 9.17) is 0 Å². The molecular weight excluding hydrogens is 300 g/mol. The van der Waals surface area contributed by atoms with E-state index in [-0.39, 0.29) is 0 Å². The third kappa shape index (κ3) is 23.7. The monoisotopic (exact) mass is 350 g/mol. The van der Waals surface area contributed by atoms with Crippen molar-refractivity contribution in [3.05, 3.63) is 12.2 Å². The summed E-state index contributed by atoms with van der Waals surface area (Å²) >= 11 is 0. The molecule has 0 radical (unpaired) electrons. The normalized spacial score (nSPS) is 11.8. The molecule has 0 saturated heterocycles. The maximum atomic E-state index is 2.43. The van der Waals surface area contributed by atoms with Gasteiger partial charge in [-0.2, -0.15) is 0 Å². The molecule has 0 aliphatic rings. The minimum atomic E-state index is 0.894. The Labute approximate surface area is 161 Å². The second kappa shape index (κ2) is 21.8. The van der Waals surface area contributed by atoms with E-state index in [2.05, 4.69) is 32.9 Å². The Bertz CT molecular complexity index is 251. The number of allylic oxidation sites excluding steroid dienone is 2. The van der Waals surface area contributed by atoms with Crippen molar-refractivity contribution in [2.75, 3.05) is 0 Å². The first-order valence-electron chi connectivity index (χ1n) is 11.9. The van der Waals surface area contributed by atoms with E-state index in [1.54, 1.807) is 0 Å². The topological polar surface area (TPSA) is 0 Å². The molecule has 0 aromatic rings. The van der Waals surface area contributed by atoms with E-state index in [0.29, 0.717) is 0 Å². The zero-order valence-electron chi connectivity index (χ0n) is 18.2. The quantitative estimate of drug-likeness (QED) is 0.151. The lowest BCUT2D eigenvalue weighted by Gasteiger charge is -2.04. The Morgan fingerprint density at radius 2 is 0.840 bits per heavy atom. The maximum absolute atomic E-state index is 2.43. The van der Waals surface area contributed by atoms with Crippen molar-refractivity contribution in [3.8, 4) is 0 Å². The van der Waals surface area contributed by atoms with Gasteiger partial charge < -0.3 is 0 Å². The lowest BCUT2D eigenvalue weighted by atomic mass is 10.0. The Morgan fingerprint density at radius 3 is 1.24 bits per heavy atom. The molecule has 0 aromatic heterocycles. The first-order chi connectivity index (χ1) is 12.3. The lowest BCUT2D eigenvalue weighted by molar-refractivity contribution is 0.505. The predicted molar refractivity (Wildman–Crippen MR) is 117 cm³/mol. The van der Waals surface area contributed by atoms with Gasteiger partial charge in [-0.05, 0) is 31.6 Å². The highest BCUT2D eigenvalue weighted by Crippen LogP contribution is 2.14. The molecule has 150 valence electrons. The van der Waals surface area contributed by atoms with Gasteiger partial charge in [-0.1, -0.05) is 129 Å². The lowest BCUT2D eigenvalue weighted by Crippen LogP contribution is -1.87. The summed E-state index contributed by atoms with van der Waals surface area (Å²) in [6.45, 7) is 6.97. The molecule has 0 aromatic carbocycles. The van der Waals surface area contributed by atoms with Crippen molar-refractivity contribution in [3.63, 3.8) is 0 Å². The van der Waals surface area contributed by atoms with Gasteiger partial charge in [0.15, 0.2) is 0 Å². The minimum Gasteiger partial charge on any atom is -0.0885 e. The highest BCUT2D eigenvalue weighted by molar-refractivity contribution is 4.81. The smallest absolute Gasteiger partial charge is 0.0351 e. The van der Waals surface area contributed by atoms with E-state index >= 15 is 0 Å². The first-order valence-corrected chi connectivity index (χ1v) is 11.9.